The summed E-state index contributed by atoms with van der Waals surface area (Å²) in [4.78, 5) is 17.0. The predicted molar refractivity (Wildman–Crippen MR) is 201 cm³/mol. The third kappa shape index (κ3) is 8.87. The molecule has 264 valence electrons. The number of hydrogen-bond acceptors (Lipinski definition) is 8. The number of thioether (sulfide) groups is 1. The molecule has 1 saturated heterocycles. The molecule has 5 aromatic carbocycles. The van der Waals surface area contributed by atoms with Gasteiger partial charge in [-0.25, -0.2) is 9.78 Å². The number of anilines is 1. The highest BCUT2D eigenvalue weighted by Crippen LogP contribution is 2.43. The Morgan fingerprint density at radius 3 is 2.33 bits per heavy atom. The fraction of sp³-hybridized carbons (Fsp3) is 0.195. The van der Waals surface area contributed by atoms with Gasteiger partial charge in [0.2, 0.25) is 0 Å². The normalized spacial score (nSPS) is 18.4. The molecule has 0 aliphatic carbocycles. The number of ether oxygens (including phenoxy) is 3. The van der Waals surface area contributed by atoms with Gasteiger partial charge in [0, 0.05) is 29.5 Å². The third-order valence-electron chi connectivity index (χ3n) is 8.86. The van der Waals surface area contributed by atoms with E-state index in [1.165, 1.54) is 6.33 Å². The van der Waals surface area contributed by atoms with Crippen molar-refractivity contribution in [3.8, 4) is 22.6 Å². The van der Waals surface area contributed by atoms with E-state index in [0.717, 1.165) is 44.3 Å². The van der Waals surface area contributed by atoms with Crippen LogP contribution in [0.15, 0.2) is 139 Å². The Morgan fingerprint density at radius 2 is 1.58 bits per heavy atom. The highest BCUT2D eigenvalue weighted by molar-refractivity contribution is 7.99. The molecule has 0 bridgehead atoms. The van der Waals surface area contributed by atoms with Crippen LogP contribution in [0.4, 0.5) is 10.5 Å². The van der Waals surface area contributed by atoms with Crippen molar-refractivity contribution in [1.82, 2.24) is 20.5 Å². The number of nitrogens with one attached hydrogen (secondary N) is 3. The molecule has 1 aliphatic rings. The standard InChI is InChI=1S/C41H39N5O5S/c1-27-37(25-52-41-43-26-44-46-41)50-39(51-38(27)30-15-13-28(24-47)14-16-30)33-10-6-9-32(22-33)31-8-5-7-29(21-31)23-42-40(48)45-34-17-19-36(20-18-34)49-35-11-3-2-4-12-35/h2-22,26-27,37-39,47H,23-25H2,1H3,(H2,42,45,48)(H,43,44,46). The van der Waals surface area contributed by atoms with Crippen molar-refractivity contribution in [2.75, 3.05) is 11.1 Å². The second kappa shape index (κ2) is 16.7. The van der Waals surface area contributed by atoms with E-state index in [0.29, 0.717) is 23.7 Å². The summed E-state index contributed by atoms with van der Waals surface area (Å²) in [6, 6.07) is 40.7. The van der Waals surface area contributed by atoms with E-state index in [-0.39, 0.29) is 30.8 Å². The number of carbonyl (C=O) groups is 1. The molecule has 0 saturated carbocycles. The molecule has 11 heteroatoms. The van der Waals surface area contributed by atoms with Crippen LogP contribution in [0.5, 0.6) is 11.5 Å². The number of urea groups is 1. The monoisotopic (exact) mass is 713 g/mol. The van der Waals surface area contributed by atoms with Crippen molar-refractivity contribution in [3.05, 3.63) is 156 Å². The van der Waals surface area contributed by atoms with Gasteiger partial charge in [0.05, 0.1) is 18.8 Å². The second-order valence-corrected chi connectivity index (χ2v) is 13.5. The highest BCUT2D eigenvalue weighted by Gasteiger charge is 2.38. The number of H-pyrrole nitrogens is 1. The van der Waals surface area contributed by atoms with Gasteiger partial charge in [0.25, 0.3) is 0 Å². The molecule has 4 atom stereocenters. The summed E-state index contributed by atoms with van der Waals surface area (Å²) in [7, 11) is 0. The molecule has 1 aliphatic heterocycles. The van der Waals surface area contributed by atoms with Gasteiger partial charge in [0.15, 0.2) is 11.4 Å². The zero-order chi connectivity index (χ0) is 35.7. The first-order chi connectivity index (χ1) is 25.5. The molecule has 1 aromatic heterocycles. The molecule has 7 rings (SSSR count). The molecule has 52 heavy (non-hydrogen) atoms. The number of para-hydroxylation sites is 1. The molecule has 0 spiro atoms. The quantitative estimate of drug-likeness (QED) is 0.0928. The van der Waals surface area contributed by atoms with Gasteiger partial charge in [-0.15, -0.1) is 0 Å². The molecule has 6 aromatic rings. The molecular formula is C41H39N5O5S. The summed E-state index contributed by atoms with van der Waals surface area (Å²) in [5.74, 6) is 2.14. The van der Waals surface area contributed by atoms with Gasteiger partial charge in [0.1, 0.15) is 17.8 Å². The zero-order valence-corrected chi connectivity index (χ0v) is 29.3. The number of nitrogens with zero attached hydrogens (tertiary/aromatic N) is 2. The van der Waals surface area contributed by atoms with E-state index in [2.05, 4.69) is 57.0 Å². The maximum atomic E-state index is 12.8. The van der Waals surface area contributed by atoms with Crippen molar-refractivity contribution in [3.63, 3.8) is 0 Å². The van der Waals surface area contributed by atoms with Gasteiger partial charge in [-0.2, -0.15) is 5.10 Å². The lowest BCUT2D eigenvalue weighted by molar-refractivity contribution is -0.268. The number of aromatic nitrogens is 3. The fourth-order valence-electron chi connectivity index (χ4n) is 6.05. The van der Waals surface area contributed by atoms with Gasteiger partial charge >= 0.3 is 6.03 Å². The first-order valence-electron chi connectivity index (χ1n) is 17.1. The molecule has 10 nitrogen and oxygen atoms in total. The summed E-state index contributed by atoms with van der Waals surface area (Å²) in [6.07, 6.45) is 0.531. The van der Waals surface area contributed by atoms with Crippen molar-refractivity contribution in [2.45, 2.75) is 43.7 Å². The number of aromatic amines is 1. The van der Waals surface area contributed by atoms with Crippen LogP contribution in [-0.4, -0.2) is 38.2 Å². The number of carbonyl (C=O) groups excluding carboxylic acids is 1. The molecule has 2 heterocycles. The van der Waals surface area contributed by atoms with Crippen LogP contribution in [0, 0.1) is 5.92 Å². The van der Waals surface area contributed by atoms with Crippen LogP contribution in [0.2, 0.25) is 0 Å². The Kier molecular flexibility index (Phi) is 11.2. The number of rotatable bonds is 12. The molecule has 1 fully saturated rings. The lowest BCUT2D eigenvalue weighted by Gasteiger charge is -2.41. The minimum atomic E-state index is -0.605. The van der Waals surface area contributed by atoms with Crippen LogP contribution in [0.25, 0.3) is 11.1 Å². The number of amides is 2. The van der Waals surface area contributed by atoms with Crippen molar-refractivity contribution < 1.29 is 24.1 Å². The van der Waals surface area contributed by atoms with E-state index in [1.807, 2.05) is 91.0 Å². The largest absolute Gasteiger partial charge is 0.457 e. The lowest BCUT2D eigenvalue weighted by atomic mass is 9.91. The topological polar surface area (TPSA) is 131 Å². The Morgan fingerprint density at radius 1 is 0.827 bits per heavy atom. The maximum Gasteiger partial charge on any atom is 0.319 e. The number of hydrogen-bond donors (Lipinski definition) is 4. The van der Waals surface area contributed by atoms with Gasteiger partial charge in [-0.05, 0) is 76.3 Å². The first-order valence-corrected chi connectivity index (χ1v) is 18.0. The van der Waals surface area contributed by atoms with Crippen molar-refractivity contribution in [1.29, 1.82) is 0 Å². The van der Waals surface area contributed by atoms with Crippen LogP contribution < -0.4 is 15.4 Å². The smallest absolute Gasteiger partial charge is 0.319 e. The SMILES string of the molecule is CC1C(CSc2ncn[nH]2)OC(c2cccc(-c3cccc(CNC(=O)Nc4ccc(Oc5ccccc5)cc4)c3)c2)OC1c1ccc(CO)cc1. The summed E-state index contributed by atoms with van der Waals surface area (Å²) in [5.41, 5.74) is 6.41. The van der Waals surface area contributed by atoms with E-state index in [9.17, 15) is 9.90 Å². The second-order valence-electron chi connectivity index (χ2n) is 12.5. The summed E-state index contributed by atoms with van der Waals surface area (Å²) in [5, 5.41) is 23.0. The van der Waals surface area contributed by atoms with Crippen molar-refractivity contribution in [2.24, 2.45) is 5.92 Å². The van der Waals surface area contributed by atoms with Crippen LogP contribution in [-0.2, 0) is 22.6 Å². The number of aliphatic hydroxyl groups is 1. The first kappa shape index (κ1) is 35.0. The maximum absolute atomic E-state index is 12.8. The molecule has 4 N–H and O–H groups in total. The number of benzene rings is 5. The third-order valence-corrected chi connectivity index (χ3v) is 9.83. The van der Waals surface area contributed by atoms with Crippen LogP contribution >= 0.6 is 11.8 Å². The minimum Gasteiger partial charge on any atom is -0.457 e. The molecule has 4 unspecified atom stereocenters. The predicted octanol–water partition coefficient (Wildman–Crippen LogP) is 8.66. The fourth-order valence-corrected chi connectivity index (χ4v) is 6.99. The zero-order valence-electron chi connectivity index (χ0n) is 28.5. The van der Waals surface area contributed by atoms with Crippen LogP contribution in [0.1, 0.15) is 41.6 Å². The van der Waals surface area contributed by atoms with E-state index in [4.69, 9.17) is 14.2 Å². The van der Waals surface area contributed by atoms with Crippen molar-refractivity contribution >= 4 is 23.5 Å². The molecule has 0 radical (unpaired) electrons. The lowest BCUT2D eigenvalue weighted by Crippen LogP contribution is -2.38. The summed E-state index contributed by atoms with van der Waals surface area (Å²) < 4.78 is 19.2. The van der Waals surface area contributed by atoms with E-state index in [1.54, 1.807) is 23.9 Å². The Labute approximate surface area is 306 Å². The Hall–Kier alpha value is -5.46. The average Bonchev–Trinajstić information content (AvgIpc) is 3.72. The molecule has 2 amide bonds. The average molecular weight is 714 g/mol. The van der Waals surface area contributed by atoms with Gasteiger partial charge in [-0.3, -0.25) is 5.10 Å². The van der Waals surface area contributed by atoms with E-state index >= 15 is 0 Å². The molecular weight excluding hydrogens is 675 g/mol. The van der Waals surface area contributed by atoms with Crippen LogP contribution in [0.3, 0.4) is 0 Å². The number of aliphatic hydroxyl groups excluding tert-OH is 1. The highest BCUT2D eigenvalue weighted by atomic mass is 32.2. The van der Waals surface area contributed by atoms with E-state index < -0.39 is 6.29 Å². The van der Waals surface area contributed by atoms with Gasteiger partial charge < -0.3 is 30.0 Å². The van der Waals surface area contributed by atoms with Gasteiger partial charge in [-0.1, -0.05) is 97.5 Å². The minimum absolute atomic E-state index is 0.0126. The Bertz CT molecular complexity index is 2050. The summed E-state index contributed by atoms with van der Waals surface area (Å²) >= 11 is 1.56. The Balaban J connectivity index is 1.01. The summed E-state index contributed by atoms with van der Waals surface area (Å²) in [6.45, 7) is 2.48.